The highest BCUT2D eigenvalue weighted by Gasteiger charge is 2.28. The second-order valence-corrected chi connectivity index (χ2v) is 6.04. The quantitative estimate of drug-likeness (QED) is 0.927. The standard InChI is InChI=1S/C16H23ClN2O/c1-2-19(11-12-5-3-7-14(17)9-12)16(20)13-6-4-8-15(18)10-13/h3,5,7,9,13,15H,2,4,6,8,10-11,18H2,1H3. The van der Waals surface area contributed by atoms with Crippen LogP contribution >= 0.6 is 11.6 Å². The van der Waals surface area contributed by atoms with Crippen LogP contribution in [0.5, 0.6) is 0 Å². The van der Waals surface area contributed by atoms with Gasteiger partial charge in [0.05, 0.1) is 0 Å². The number of hydrogen-bond donors (Lipinski definition) is 1. The molecular formula is C16H23ClN2O. The first-order valence-corrected chi connectivity index (χ1v) is 7.76. The van der Waals surface area contributed by atoms with E-state index in [1.54, 1.807) is 0 Å². The van der Waals surface area contributed by atoms with Gasteiger partial charge in [0, 0.05) is 30.1 Å². The van der Waals surface area contributed by atoms with E-state index in [1.165, 1.54) is 0 Å². The van der Waals surface area contributed by atoms with Crippen LogP contribution in [0.4, 0.5) is 0 Å². The van der Waals surface area contributed by atoms with E-state index in [-0.39, 0.29) is 17.9 Å². The summed E-state index contributed by atoms with van der Waals surface area (Å²) in [6.45, 7) is 3.36. The Morgan fingerprint density at radius 1 is 1.45 bits per heavy atom. The molecule has 1 amide bonds. The zero-order valence-electron chi connectivity index (χ0n) is 12.0. The van der Waals surface area contributed by atoms with Crippen molar-refractivity contribution in [1.82, 2.24) is 4.90 Å². The lowest BCUT2D eigenvalue weighted by Crippen LogP contribution is -2.40. The zero-order chi connectivity index (χ0) is 14.5. The molecule has 2 unspecified atom stereocenters. The van der Waals surface area contributed by atoms with Gasteiger partial charge in [-0.1, -0.05) is 30.2 Å². The van der Waals surface area contributed by atoms with Gasteiger partial charge in [-0.2, -0.15) is 0 Å². The van der Waals surface area contributed by atoms with E-state index in [0.29, 0.717) is 11.6 Å². The van der Waals surface area contributed by atoms with E-state index >= 15 is 0 Å². The molecule has 110 valence electrons. The summed E-state index contributed by atoms with van der Waals surface area (Å²) in [5.74, 6) is 0.334. The van der Waals surface area contributed by atoms with Crippen LogP contribution < -0.4 is 5.73 Å². The Morgan fingerprint density at radius 3 is 2.90 bits per heavy atom. The average molecular weight is 295 g/mol. The van der Waals surface area contributed by atoms with Crippen LogP contribution in [-0.4, -0.2) is 23.4 Å². The van der Waals surface area contributed by atoms with Crippen LogP contribution in [0.1, 0.15) is 38.2 Å². The lowest BCUT2D eigenvalue weighted by Gasteiger charge is -2.31. The summed E-state index contributed by atoms with van der Waals surface area (Å²) in [5, 5.41) is 0.714. The van der Waals surface area contributed by atoms with E-state index in [0.717, 1.165) is 37.8 Å². The second-order valence-electron chi connectivity index (χ2n) is 5.61. The van der Waals surface area contributed by atoms with Crippen LogP contribution in [0, 0.1) is 5.92 Å². The Kier molecular flexibility index (Phi) is 5.44. The summed E-state index contributed by atoms with van der Waals surface area (Å²) in [6.07, 6.45) is 3.90. The van der Waals surface area contributed by atoms with Crippen molar-refractivity contribution in [1.29, 1.82) is 0 Å². The van der Waals surface area contributed by atoms with Crippen LogP contribution in [-0.2, 0) is 11.3 Å². The molecule has 0 bridgehead atoms. The Bertz CT molecular complexity index is 464. The number of carbonyl (C=O) groups is 1. The minimum atomic E-state index is 0.0953. The molecule has 0 spiro atoms. The Labute approximate surface area is 126 Å². The molecule has 3 nitrogen and oxygen atoms in total. The van der Waals surface area contributed by atoms with Crippen molar-refractivity contribution in [2.75, 3.05) is 6.54 Å². The van der Waals surface area contributed by atoms with Crippen molar-refractivity contribution in [2.24, 2.45) is 11.7 Å². The third kappa shape index (κ3) is 3.97. The molecule has 20 heavy (non-hydrogen) atoms. The van der Waals surface area contributed by atoms with Gasteiger partial charge >= 0.3 is 0 Å². The van der Waals surface area contributed by atoms with E-state index < -0.39 is 0 Å². The maximum atomic E-state index is 12.6. The van der Waals surface area contributed by atoms with Gasteiger partial charge in [-0.05, 0) is 43.9 Å². The molecule has 1 aromatic rings. The summed E-state index contributed by atoms with van der Waals surface area (Å²) in [6, 6.07) is 7.89. The predicted molar refractivity (Wildman–Crippen MR) is 82.5 cm³/mol. The smallest absolute Gasteiger partial charge is 0.226 e. The molecule has 1 aliphatic carbocycles. The second kappa shape index (κ2) is 7.09. The van der Waals surface area contributed by atoms with Crippen molar-refractivity contribution in [3.63, 3.8) is 0 Å². The summed E-state index contributed by atoms with van der Waals surface area (Å²) < 4.78 is 0. The molecule has 1 fully saturated rings. The van der Waals surface area contributed by atoms with Crippen molar-refractivity contribution < 1.29 is 4.79 Å². The highest BCUT2D eigenvalue weighted by atomic mass is 35.5. The lowest BCUT2D eigenvalue weighted by molar-refractivity contribution is -0.137. The third-order valence-corrected chi connectivity index (χ3v) is 4.25. The Morgan fingerprint density at radius 2 is 2.25 bits per heavy atom. The monoisotopic (exact) mass is 294 g/mol. The van der Waals surface area contributed by atoms with Crippen molar-refractivity contribution in [3.05, 3.63) is 34.9 Å². The SMILES string of the molecule is CCN(Cc1cccc(Cl)c1)C(=O)C1CCCC(N)C1. The summed E-state index contributed by atoms with van der Waals surface area (Å²) in [5.41, 5.74) is 7.07. The van der Waals surface area contributed by atoms with E-state index in [1.807, 2.05) is 36.1 Å². The van der Waals surface area contributed by atoms with Gasteiger partial charge in [0.1, 0.15) is 0 Å². The number of carbonyl (C=O) groups excluding carboxylic acids is 1. The molecule has 2 atom stereocenters. The third-order valence-electron chi connectivity index (χ3n) is 4.02. The summed E-state index contributed by atoms with van der Waals surface area (Å²) in [7, 11) is 0. The first-order valence-electron chi connectivity index (χ1n) is 7.39. The fourth-order valence-electron chi connectivity index (χ4n) is 2.91. The molecule has 2 N–H and O–H groups in total. The van der Waals surface area contributed by atoms with Gasteiger partial charge in [-0.25, -0.2) is 0 Å². The highest BCUT2D eigenvalue weighted by molar-refractivity contribution is 6.30. The molecule has 0 aliphatic heterocycles. The van der Waals surface area contributed by atoms with Crippen LogP contribution in [0.2, 0.25) is 5.02 Å². The molecule has 0 aromatic heterocycles. The molecule has 2 rings (SSSR count). The average Bonchev–Trinajstić information content (AvgIpc) is 2.44. The van der Waals surface area contributed by atoms with Gasteiger partial charge < -0.3 is 10.6 Å². The molecule has 0 heterocycles. The fraction of sp³-hybridized carbons (Fsp3) is 0.562. The van der Waals surface area contributed by atoms with Gasteiger partial charge in [-0.15, -0.1) is 0 Å². The minimum absolute atomic E-state index is 0.0953. The van der Waals surface area contributed by atoms with Crippen molar-refractivity contribution in [2.45, 2.75) is 45.2 Å². The van der Waals surface area contributed by atoms with Gasteiger partial charge in [0.25, 0.3) is 0 Å². The maximum absolute atomic E-state index is 12.6. The van der Waals surface area contributed by atoms with E-state index in [9.17, 15) is 4.79 Å². The molecule has 0 radical (unpaired) electrons. The maximum Gasteiger partial charge on any atom is 0.226 e. The lowest BCUT2D eigenvalue weighted by atomic mass is 9.85. The normalized spacial score (nSPS) is 22.6. The number of hydrogen-bond acceptors (Lipinski definition) is 2. The van der Waals surface area contributed by atoms with E-state index in [2.05, 4.69) is 0 Å². The van der Waals surface area contributed by atoms with Crippen LogP contribution in [0.3, 0.4) is 0 Å². The number of benzene rings is 1. The number of halogens is 1. The number of nitrogens with zero attached hydrogens (tertiary/aromatic N) is 1. The number of rotatable bonds is 4. The van der Waals surface area contributed by atoms with Gasteiger partial charge in [-0.3, -0.25) is 4.79 Å². The minimum Gasteiger partial charge on any atom is -0.338 e. The fourth-order valence-corrected chi connectivity index (χ4v) is 3.12. The summed E-state index contributed by atoms with van der Waals surface area (Å²) >= 11 is 6.00. The van der Waals surface area contributed by atoms with Crippen LogP contribution in [0.25, 0.3) is 0 Å². The molecule has 1 saturated carbocycles. The molecule has 1 aliphatic rings. The van der Waals surface area contributed by atoms with Crippen molar-refractivity contribution in [3.8, 4) is 0 Å². The zero-order valence-corrected chi connectivity index (χ0v) is 12.8. The number of nitrogens with two attached hydrogens (primary N) is 1. The largest absolute Gasteiger partial charge is 0.338 e. The highest BCUT2D eigenvalue weighted by Crippen LogP contribution is 2.25. The number of amides is 1. The molecule has 1 aromatic carbocycles. The Balaban J connectivity index is 2.02. The van der Waals surface area contributed by atoms with Gasteiger partial charge in [0.15, 0.2) is 0 Å². The molecule has 0 saturated heterocycles. The predicted octanol–water partition coefficient (Wildman–Crippen LogP) is 3.21. The Hall–Kier alpha value is -1.06. The molecule has 4 heteroatoms. The van der Waals surface area contributed by atoms with Crippen LogP contribution in [0.15, 0.2) is 24.3 Å². The topological polar surface area (TPSA) is 46.3 Å². The van der Waals surface area contributed by atoms with Crippen molar-refractivity contribution >= 4 is 17.5 Å². The first kappa shape index (κ1) is 15.3. The summed E-state index contributed by atoms with van der Waals surface area (Å²) in [4.78, 5) is 14.5. The molecular weight excluding hydrogens is 272 g/mol. The van der Waals surface area contributed by atoms with Gasteiger partial charge in [0.2, 0.25) is 5.91 Å². The first-order chi connectivity index (χ1) is 9.60. The van der Waals surface area contributed by atoms with E-state index in [4.69, 9.17) is 17.3 Å².